The Hall–Kier alpha value is -2.83. The number of carboxylic acid groups (broad SMARTS) is 1. The molecule has 1 atom stereocenters. The zero-order valence-corrected chi connectivity index (χ0v) is 11.6. The number of aryl methyl sites for hydroxylation is 1. The first-order chi connectivity index (χ1) is 9.97. The van der Waals surface area contributed by atoms with Crippen LogP contribution >= 0.6 is 0 Å². The average molecular weight is 289 g/mol. The normalized spacial score (nSPS) is 11.7. The van der Waals surface area contributed by atoms with Crippen molar-refractivity contribution in [1.82, 2.24) is 10.3 Å². The molecule has 2 aromatic rings. The molecule has 1 unspecified atom stereocenters. The minimum absolute atomic E-state index is 0.130. The molecule has 0 spiro atoms. The number of furan rings is 1. The molecule has 0 aromatic carbocycles. The third-order valence-corrected chi connectivity index (χ3v) is 2.79. The molecule has 21 heavy (non-hydrogen) atoms. The predicted octanol–water partition coefficient (Wildman–Crippen LogP) is 2.56. The van der Waals surface area contributed by atoms with E-state index in [9.17, 15) is 9.59 Å². The summed E-state index contributed by atoms with van der Waals surface area (Å²) >= 11 is 0. The van der Waals surface area contributed by atoms with Crippen molar-refractivity contribution in [3.63, 3.8) is 0 Å². The van der Waals surface area contributed by atoms with Gasteiger partial charge in [0, 0.05) is 6.20 Å². The van der Waals surface area contributed by atoms with Crippen molar-refractivity contribution < 1.29 is 19.1 Å². The van der Waals surface area contributed by atoms with Crippen LogP contribution in [0.1, 0.15) is 35.0 Å². The van der Waals surface area contributed by atoms with Crippen LogP contribution in [0.4, 0.5) is 10.5 Å². The Kier molecular flexibility index (Phi) is 4.22. The van der Waals surface area contributed by atoms with Gasteiger partial charge in [-0.25, -0.2) is 14.6 Å². The second-order valence-electron chi connectivity index (χ2n) is 4.47. The van der Waals surface area contributed by atoms with E-state index in [-0.39, 0.29) is 17.4 Å². The number of pyridine rings is 1. The van der Waals surface area contributed by atoms with Crippen LogP contribution in [0.3, 0.4) is 0 Å². The molecule has 2 rings (SSSR count). The molecule has 0 saturated heterocycles. The summed E-state index contributed by atoms with van der Waals surface area (Å²) in [7, 11) is 0. The van der Waals surface area contributed by atoms with Gasteiger partial charge in [-0.15, -0.1) is 0 Å². The van der Waals surface area contributed by atoms with Crippen LogP contribution in [-0.2, 0) is 0 Å². The van der Waals surface area contributed by atoms with E-state index in [1.807, 2.05) is 6.92 Å². The van der Waals surface area contributed by atoms with Gasteiger partial charge in [-0.05, 0) is 38.1 Å². The summed E-state index contributed by atoms with van der Waals surface area (Å²) in [5.41, 5.74) is -0.0838. The van der Waals surface area contributed by atoms with Crippen LogP contribution in [0.25, 0.3) is 0 Å². The van der Waals surface area contributed by atoms with E-state index in [0.29, 0.717) is 5.76 Å². The lowest BCUT2D eigenvalue weighted by Gasteiger charge is -2.13. The van der Waals surface area contributed by atoms with Gasteiger partial charge in [0.1, 0.15) is 11.5 Å². The van der Waals surface area contributed by atoms with Gasteiger partial charge in [-0.3, -0.25) is 0 Å². The van der Waals surface area contributed by atoms with Gasteiger partial charge in [0.15, 0.2) is 5.69 Å². The van der Waals surface area contributed by atoms with Crippen molar-refractivity contribution in [3.8, 4) is 0 Å². The largest absolute Gasteiger partial charge is 0.476 e. The maximum Gasteiger partial charge on any atom is 0.356 e. The molecule has 0 radical (unpaired) electrons. The molecular weight excluding hydrogens is 274 g/mol. The highest BCUT2D eigenvalue weighted by atomic mass is 16.4. The molecular formula is C14H15N3O4. The summed E-state index contributed by atoms with van der Waals surface area (Å²) in [5, 5.41) is 14.1. The molecule has 0 aliphatic rings. The van der Waals surface area contributed by atoms with Gasteiger partial charge >= 0.3 is 12.0 Å². The number of carbonyl (C=O) groups is 2. The summed E-state index contributed by atoms with van der Waals surface area (Å²) in [6.45, 7) is 3.57. The number of anilines is 1. The molecule has 0 aliphatic heterocycles. The lowest BCUT2D eigenvalue weighted by molar-refractivity contribution is 0.0691. The third-order valence-electron chi connectivity index (χ3n) is 2.79. The van der Waals surface area contributed by atoms with Gasteiger partial charge < -0.3 is 20.2 Å². The van der Waals surface area contributed by atoms with Crippen molar-refractivity contribution in [2.24, 2.45) is 0 Å². The Morgan fingerprint density at radius 2 is 2.10 bits per heavy atom. The van der Waals surface area contributed by atoms with E-state index < -0.39 is 12.0 Å². The second-order valence-corrected chi connectivity index (χ2v) is 4.47. The summed E-state index contributed by atoms with van der Waals surface area (Å²) in [6, 6.07) is 5.71. The van der Waals surface area contributed by atoms with Crippen LogP contribution in [0, 0.1) is 6.92 Å². The zero-order valence-electron chi connectivity index (χ0n) is 11.6. The number of hydrogen-bond donors (Lipinski definition) is 3. The molecule has 0 bridgehead atoms. The number of amides is 2. The molecule has 2 heterocycles. The Labute approximate surface area is 121 Å². The molecule has 0 saturated carbocycles. The second kappa shape index (κ2) is 6.08. The maximum atomic E-state index is 11.9. The molecule has 7 heteroatoms. The molecule has 0 aliphatic carbocycles. The van der Waals surface area contributed by atoms with Crippen molar-refractivity contribution in [3.05, 3.63) is 47.7 Å². The SMILES string of the molecule is Cc1ccc(C(C)NC(=O)Nc2cccnc2C(=O)O)o1. The highest BCUT2D eigenvalue weighted by molar-refractivity contribution is 5.98. The minimum atomic E-state index is -1.21. The average Bonchev–Trinajstić information content (AvgIpc) is 2.85. The van der Waals surface area contributed by atoms with E-state index in [1.165, 1.54) is 12.3 Å². The molecule has 110 valence electrons. The molecule has 2 aromatic heterocycles. The first-order valence-corrected chi connectivity index (χ1v) is 6.29. The lowest BCUT2D eigenvalue weighted by Crippen LogP contribution is -2.31. The molecule has 0 fully saturated rings. The van der Waals surface area contributed by atoms with E-state index >= 15 is 0 Å². The van der Waals surface area contributed by atoms with Gasteiger partial charge in [0.2, 0.25) is 0 Å². The number of nitrogens with zero attached hydrogens (tertiary/aromatic N) is 1. The van der Waals surface area contributed by atoms with Crippen LogP contribution in [-0.4, -0.2) is 22.1 Å². The van der Waals surface area contributed by atoms with Crippen molar-refractivity contribution in [2.45, 2.75) is 19.9 Å². The Balaban J connectivity index is 2.04. The van der Waals surface area contributed by atoms with Crippen LogP contribution < -0.4 is 10.6 Å². The number of nitrogens with one attached hydrogen (secondary N) is 2. The maximum absolute atomic E-state index is 11.9. The summed E-state index contributed by atoms with van der Waals surface area (Å²) < 4.78 is 5.41. The highest BCUT2D eigenvalue weighted by Crippen LogP contribution is 2.16. The Bertz CT molecular complexity index is 666. The summed E-state index contributed by atoms with van der Waals surface area (Å²) in [6.07, 6.45) is 1.35. The first kappa shape index (κ1) is 14.6. The van der Waals surface area contributed by atoms with E-state index in [2.05, 4.69) is 15.6 Å². The van der Waals surface area contributed by atoms with Gasteiger partial charge in [-0.2, -0.15) is 0 Å². The molecule has 3 N–H and O–H groups in total. The number of rotatable bonds is 4. The topological polar surface area (TPSA) is 104 Å². The summed E-state index contributed by atoms with van der Waals surface area (Å²) in [4.78, 5) is 26.6. The van der Waals surface area contributed by atoms with Crippen molar-refractivity contribution in [1.29, 1.82) is 0 Å². The Morgan fingerprint density at radius 3 is 2.71 bits per heavy atom. The number of urea groups is 1. The number of carbonyl (C=O) groups excluding carboxylic acids is 1. The number of hydrogen-bond acceptors (Lipinski definition) is 4. The van der Waals surface area contributed by atoms with Crippen LogP contribution in [0.15, 0.2) is 34.9 Å². The van der Waals surface area contributed by atoms with Crippen molar-refractivity contribution in [2.75, 3.05) is 5.32 Å². The fourth-order valence-electron chi connectivity index (χ4n) is 1.79. The first-order valence-electron chi connectivity index (χ1n) is 6.29. The quantitative estimate of drug-likeness (QED) is 0.802. The number of aromatic nitrogens is 1. The van der Waals surface area contributed by atoms with Crippen molar-refractivity contribution >= 4 is 17.7 Å². The molecule has 7 nitrogen and oxygen atoms in total. The fraction of sp³-hybridized carbons (Fsp3) is 0.214. The van der Waals surface area contributed by atoms with Gasteiger partial charge in [-0.1, -0.05) is 0 Å². The van der Waals surface area contributed by atoms with E-state index in [1.54, 1.807) is 25.1 Å². The molecule has 2 amide bonds. The smallest absolute Gasteiger partial charge is 0.356 e. The number of aromatic carboxylic acids is 1. The van der Waals surface area contributed by atoms with Crippen LogP contribution in [0.5, 0.6) is 0 Å². The van der Waals surface area contributed by atoms with E-state index in [0.717, 1.165) is 5.76 Å². The van der Waals surface area contributed by atoms with Gasteiger partial charge in [0.25, 0.3) is 0 Å². The minimum Gasteiger partial charge on any atom is -0.476 e. The predicted molar refractivity (Wildman–Crippen MR) is 75.2 cm³/mol. The van der Waals surface area contributed by atoms with Crippen LogP contribution in [0.2, 0.25) is 0 Å². The highest BCUT2D eigenvalue weighted by Gasteiger charge is 2.16. The Morgan fingerprint density at radius 1 is 1.33 bits per heavy atom. The zero-order chi connectivity index (χ0) is 15.4. The van der Waals surface area contributed by atoms with E-state index in [4.69, 9.17) is 9.52 Å². The lowest BCUT2D eigenvalue weighted by atomic mass is 10.2. The van der Waals surface area contributed by atoms with Gasteiger partial charge in [0.05, 0.1) is 11.7 Å². The number of carboxylic acids is 1. The monoisotopic (exact) mass is 289 g/mol. The summed E-state index contributed by atoms with van der Waals surface area (Å²) in [5.74, 6) is 0.160. The fourth-order valence-corrected chi connectivity index (χ4v) is 1.79. The third kappa shape index (κ3) is 3.59. The standard InChI is InChI=1S/C14H15N3O4/c1-8-5-6-11(21-8)9(2)16-14(20)17-10-4-3-7-15-12(10)13(18)19/h3-7,9H,1-2H3,(H,18,19)(H2,16,17,20).